The summed E-state index contributed by atoms with van der Waals surface area (Å²) in [7, 11) is 0. The first-order valence-electron chi connectivity index (χ1n) is 9.43. The largest absolute Gasteiger partial charge is 0.458 e. The van der Waals surface area contributed by atoms with Crippen LogP contribution in [0.5, 0.6) is 0 Å². The smallest absolute Gasteiger partial charge is 0.303 e. The van der Waals surface area contributed by atoms with Crippen LogP contribution >= 0.6 is 23.2 Å². The second-order valence-corrected chi connectivity index (χ2v) is 8.67. The molecule has 0 saturated carbocycles. The summed E-state index contributed by atoms with van der Waals surface area (Å²) in [6, 6.07) is 14.2. The minimum absolute atomic E-state index is 0.262. The fraction of sp³-hybridized carbons (Fsp3) is 0.409. The number of halogens is 2. The van der Waals surface area contributed by atoms with Crippen LogP contribution in [0.2, 0.25) is 10.0 Å². The first-order chi connectivity index (χ1) is 13.2. The highest BCUT2D eigenvalue weighted by Crippen LogP contribution is 2.38. The summed E-state index contributed by atoms with van der Waals surface area (Å²) in [6.45, 7) is 8.38. The van der Waals surface area contributed by atoms with E-state index in [-0.39, 0.29) is 5.97 Å². The van der Waals surface area contributed by atoms with Crippen molar-refractivity contribution in [2.24, 2.45) is 0 Å². The van der Waals surface area contributed by atoms with Gasteiger partial charge in [-0.05, 0) is 49.2 Å². The van der Waals surface area contributed by atoms with Gasteiger partial charge < -0.3 is 15.0 Å². The number of benzene rings is 2. The lowest BCUT2D eigenvalue weighted by Crippen LogP contribution is -2.45. The zero-order valence-corrected chi connectivity index (χ0v) is 18.0. The van der Waals surface area contributed by atoms with Gasteiger partial charge in [0.2, 0.25) is 0 Å². The van der Waals surface area contributed by atoms with E-state index in [1.54, 1.807) is 0 Å². The van der Waals surface area contributed by atoms with Crippen molar-refractivity contribution >= 4 is 34.9 Å². The van der Waals surface area contributed by atoms with E-state index >= 15 is 0 Å². The number of rotatable bonds is 7. The van der Waals surface area contributed by atoms with Crippen LogP contribution in [0.25, 0.3) is 0 Å². The molecule has 0 aliphatic carbocycles. The van der Waals surface area contributed by atoms with E-state index in [1.807, 2.05) is 32.0 Å². The Labute approximate surface area is 176 Å². The third kappa shape index (κ3) is 5.19. The Bertz CT molecular complexity index is 811. The summed E-state index contributed by atoms with van der Waals surface area (Å²) in [6.07, 6.45) is 0. The van der Waals surface area contributed by atoms with Crippen molar-refractivity contribution in [3.63, 3.8) is 0 Å². The molecule has 2 aromatic carbocycles. The Hall–Kier alpha value is -1.75. The second kappa shape index (κ2) is 8.73. The van der Waals surface area contributed by atoms with Gasteiger partial charge in [0, 0.05) is 54.8 Å². The van der Waals surface area contributed by atoms with Gasteiger partial charge in [0.1, 0.15) is 5.60 Å². The zero-order chi connectivity index (χ0) is 20.3. The molecule has 0 atom stereocenters. The Balaban J connectivity index is 1.50. The lowest BCUT2D eigenvalue weighted by molar-refractivity contribution is -0.153. The molecule has 2 aromatic rings. The fourth-order valence-corrected chi connectivity index (χ4v) is 4.24. The topological polar surface area (TPSA) is 41.6 Å². The van der Waals surface area contributed by atoms with Gasteiger partial charge in [0.25, 0.3) is 0 Å². The van der Waals surface area contributed by atoms with E-state index < -0.39 is 5.60 Å². The molecular formula is C22H26Cl2N2O2. The number of carbonyl (C=O) groups is 1. The van der Waals surface area contributed by atoms with Gasteiger partial charge in [-0.25, -0.2) is 0 Å². The normalized spacial score (nSPS) is 14.7. The standard InChI is InChI=1S/C22H26Cl2N2O2/c1-15(27)28-22(2,3)14-25-11-16-7-9-18(10-8-16)26-12-17(13-26)21-19(23)5-4-6-20(21)24/h4-10,17,25H,11-14H2,1-3H3. The Morgan fingerprint density at radius 3 is 2.32 bits per heavy atom. The first kappa shape index (κ1) is 21.0. The van der Waals surface area contributed by atoms with Crippen molar-refractivity contribution in [3.8, 4) is 0 Å². The molecule has 28 heavy (non-hydrogen) atoms. The van der Waals surface area contributed by atoms with E-state index in [9.17, 15) is 4.79 Å². The van der Waals surface area contributed by atoms with E-state index in [4.69, 9.17) is 27.9 Å². The first-order valence-corrected chi connectivity index (χ1v) is 10.2. The Morgan fingerprint density at radius 1 is 1.14 bits per heavy atom. The molecule has 0 amide bonds. The van der Waals surface area contributed by atoms with Crippen molar-refractivity contribution in [1.82, 2.24) is 5.32 Å². The molecule has 6 heteroatoms. The number of anilines is 1. The van der Waals surface area contributed by atoms with Crippen molar-refractivity contribution in [1.29, 1.82) is 0 Å². The highest BCUT2D eigenvalue weighted by atomic mass is 35.5. The maximum absolute atomic E-state index is 11.1. The summed E-state index contributed by atoms with van der Waals surface area (Å²) in [5.74, 6) is 0.105. The number of ether oxygens (including phenoxy) is 1. The summed E-state index contributed by atoms with van der Waals surface area (Å²) in [5.41, 5.74) is 2.92. The molecule has 1 fully saturated rings. The minimum atomic E-state index is -0.515. The maximum Gasteiger partial charge on any atom is 0.303 e. The molecular weight excluding hydrogens is 395 g/mol. The van der Waals surface area contributed by atoms with Gasteiger partial charge in [0.15, 0.2) is 0 Å². The van der Waals surface area contributed by atoms with Crippen molar-refractivity contribution in [3.05, 3.63) is 63.6 Å². The number of esters is 1. The van der Waals surface area contributed by atoms with E-state index in [2.05, 4.69) is 34.5 Å². The van der Waals surface area contributed by atoms with Crippen LogP contribution in [0.1, 0.15) is 37.8 Å². The number of nitrogens with one attached hydrogen (secondary N) is 1. The van der Waals surface area contributed by atoms with Crippen molar-refractivity contribution in [2.75, 3.05) is 24.5 Å². The quantitative estimate of drug-likeness (QED) is 0.637. The van der Waals surface area contributed by atoms with Crippen LogP contribution in [-0.4, -0.2) is 31.2 Å². The van der Waals surface area contributed by atoms with Gasteiger partial charge in [-0.1, -0.05) is 41.4 Å². The summed E-state index contributed by atoms with van der Waals surface area (Å²) in [5, 5.41) is 4.84. The monoisotopic (exact) mass is 420 g/mol. The summed E-state index contributed by atoms with van der Waals surface area (Å²) >= 11 is 12.6. The number of hydrogen-bond donors (Lipinski definition) is 1. The molecule has 1 N–H and O–H groups in total. The second-order valence-electron chi connectivity index (χ2n) is 7.86. The molecule has 0 spiro atoms. The lowest BCUT2D eigenvalue weighted by atomic mass is 9.90. The molecule has 1 aliphatic heterocycles. The highest BCUT2D eigenvalue weighted by molar-refractivity contribution is 6.36. The zero-order valence-electron chi connectivity index (χ0n) is 16.5. The SMILES string of the molecule is CC(=O)OC(C)(C)CNCc1ccc(N2CC(c3c(Cl)cccc3Cl)C2)cc1. The van der Waals surface area contributed by atoms with Crippen LogP contribution in [-0.2, 0) is 16.1 Å². The van der Waals surface area contributed by atoms with Gasteiger partial charge in [-0.15, -0.1) is 0 Å². The summed E-state index contributed by atoms with van der Waals surface area (Å²) in [4.78, 5) is 13.4. The molecule has 3 rings (SSSR count). The number of hydrogen-bond acceptors (Lipinski definition) is 4. The van der Waals surface area contributed by atoms with Crippen LogP contribution in [0, 0.1) is 0 Å². The molecule has 1 aliphatic rings. The highest BCUT2D eigenvalue weighted by Gasteiger charge is 2.31. The van der Waals surface area contributed by atoms with Gasteiger partial charge in [-0.3, -0.25) is 4.79 Å². The molecule has 1 heterocycles. The average molecular weight is 421 g/mol. The summed E-state index contributed by atoms with van der Waals surface area (Å²) < 4.78 is 5.28. The minimum Gasteiger partial charge on any atom is -0.458 e. The predicted octanol–water partition coefficient (Wildman–Crippen LogP) is 5.03. The predicted molar refractivity (Wildman–Crippen MR) is 115 cm³/mol. The lowest BCUT2D eigenvalue weighted by Gasteiger charge is -2.42. The molecule has 0 unspecified atom stereocenters. The molecule has 4 nitrogen and oxygen atoms in total. The van der Waals surface area contributed by atoms with Crippen molar-refractivity contribution in [2.45, 2.75) is 38.8 Å². The molecule has 1 saturated heterocycles. The Kier molecular flexibility index (Phi) is 6.54. The third-order valence-electron chi connectivity index (χ3n) is 4.89. The number of nitrogens with zero attached hydrogens (tertiary/aromatic N) is 1. The van der Waals surface area contributed by atoms with Crippen LogP contribution < -0.4 is 10.2 Å². The third-order valence-corrected chi connectivity index (χ3v) is 5.55. The average Bonchev–Trinajstić information content (AvgIpc) is 2.56. The van der Waals surface area contributed by atoms with E-state index in [0.717, 1.165) is 35.2 Å². The molecule has 0 radical (unpaired) electrons. The van der Waals surface area contributed by atoms with Crippen LogP contribution in [0.3, 0.4) is 0 Å². The Morgan fingerprint density at radius 2 is 1.75 bits per heavy atom. The number of carbonyl (C=O) groups excluding carboxylic acids is 1. The molecule has 0 aromatic heterocycles. The van der Waals surface area contributed by atoms with E-state index in [1.165, 1.54) is 18.2 Å². The van der Waals surface area contributed by atoms with Gasteiger partial charge >= 0.3 is 5.97 Å². The molecule has 150 valence electrons. The van der Waals surface area contributed by atoms with Crippen LogP contribution in [0.4, 0.5) is 5.69 Å². The van der Waals surface area contributed by atoms with E-state index in [0.29, 0.717) is 12.5 Å². The van der Waals surface area contributed by atoms with Crippen molar-refractivity contribution < 1.29 is 9.53 Å². The van der Waals surface area contributed by atoms with Crippen LogP contribution in [0.15, 0.2) is 42.5 Å². The fourth-order valence-electron chi connectivity index (χ4n) is 3.53. The molecule has 0 bridgehead atoms. The van der Waals surface area contributed by atoms with Gasteiger partial charge in [0.05, 0.1) is 0 Å². The van der Waals surface area contributed by atoms with Gasteiger partial charge in [-0.2, -0.15) is 0 Å². The maximum atomic E-state index is 11.1.